The zero-order valence-corrected chi connectivity index (χ0v) is 9.70. The largest absolute Gasteiger partial charge is 0.295 e. The van der Waals surface area contributed by atoms with E-state index in [0.717, 1.165) is 18.1 Å². The van der Waals surface area contributed by atoms with E-state index in [1.807, 2.05) is 18.8 Å². The van der Waals surface area contributed by atoms with E-state index in [2.05, 4.69) is 15.0 Å². The van der Waals surface area contributed by atoms with Gasteiger partial charge in [0.05, 0.1) is 6.04 Å². The van der Waals surface area contributed by atoms with Crippen molar-refractivity contribution in [2.24, 2.45) is 7.05 Å². The summed E-state index contributed by atoms with van der Waals surface area (Å²) in [6.07, 6.45) is 1.42. The van der Waals surface area contributed by atoms with Crippen LogP contribution in [0.5, 0.6) is 0 Å². The molecule has 0 radical (unpaired) electrons. The fourth-order valence-electron chi connectivity index (χ4n) is 1.63. The maximum Gasteiger partial charge on any atom is 0.217 e. The van der Waals surface area contributed by atoms with E-state index in [4.69, 9.17) is 0 Å². The van der Waals surface area contributed by atoms with Gasteiger partial charge in [0.1, 0.15) is 6.33 Å². The fraction of sp³-hybridized carbons (Fsp3) is 0.667. The minimum absolute atomic E-state index is 0.0494. The van der Waals surface area contributed by atoms with Crippen molar-refractivity contribution in [2.75, 3.05) is 25.1 Å². The summed E-state index contributed by atoms with van der Waals surface area (Å²) in [5.41, 5.74) is 0. The summed E-state index contributed by atoms with van der Waals surface area (Å²) in [5, 5.41) is 3.92. The van der Waals surface area contributed by atoms with Crippen molar-refractivity contribution in [3.05, 3.63) is 12.2 Å². The maximum absolute atomic E-state index is 12.1. The summed E-state index contributed by atoms with van der Waals surface area (Å²) < 4.78 is 1.54. The minimum atomic E-state index is -0.0494. The molecule has 1 aliphatic heterocycles. The predicted octanol–water partition coefficient (Wildman–Crippen LogP) is 0.0450. The van der Waals surface area contributed by atoms with Gasteiger partial charge in [-0.05, 0) is 7.05 Å². The molecule has 1 fully saturated rings. The van der Waals surface area contributed by atoms with Crippen LogP contribution in [-0.4, -0.2) is 56.6 Å². The van der Waals surface area contributed by atoms with E-state index >= 15 is 0 Å². The molecule has 1 aliphatic rings. The number of likely N-dealkylation sites (N-methyl/N-ethyl adjacent to an activating group) is 1. The highest BCUT2D eigenvalue weighted by Gasteiger charge is 2.29. The van der Waals surface area contributed by atoms with Gasteiger partial charge in [-0.15, -0.1) is 0 Å². The highest BCUT2D eigenvalue weighted by molar-refractivity contribution is 7.99. The highest BCUT2D eigenvalue weighted by Crippen LogP contribution is 2.17. The molecule has 15 heavy (non-hydrogen) atoms. The number of hydrogen-bond donors (Lipinski definition) is 0. The molecule has 5 nitrogen and oxygen atoms in total. The molecule has 0 spiro atoms. The van der Waals surface area contributed by atoms with Crippen LogP contribution in [0.3, 0.4) is 0 Å². The molecule has 0 saturated carbocycles. The Morgan fingerprint density at radius 3 is 3.00 bits per heavy atom. The number of hydrogen-bond acceptors (Lipinski definition) is 5. The minimum Gasteiger partial charge on any atom is -0.295 e. The number of carbonyl (C=O) groups excluding carboxylic acids is 1. The van der Waals surface area contributed by atoms with E-state index in [-0.39, 0.29) is 11.8 Å². The number of aromatic nitrogens is 3. The Kier molecular flexibility index (Phi) is 3.06. The average Bonchev–Trinajstić information content (AvgIpc) is 2.64. The normalized spacial score (nSPS) is 22.9. The van der Waals surface area contributed by atoms with E-state index in [1.54, 1.807) is 7.05 Å². The van der Waals surface area contributed by atoms with Crippen LogP contribution in [0.1, 0.15) is 10.6 Å². The standard InChI is InChI=1S/C9H14N4OS/c1-12-3-4-15-5-7(12)8(14)9-10-6-11-13(9)2/h6-7H,3-5H2,1-2H3. The lowest BCUT2D eigenvalue weighted by Crippen LogP contribution is -2.45. The third kappa shape index (κ3) is 2.05. The quantitative estimate of drug-likeness (QED) is 0.667. The Bertz CT molecular complexity index is 365. The smallest absolute Gasteiger partial charge is 0.217 e. The van der Waals surface area contributed by atoms with Crippen molar-refractivity contribution < 1.29 is 4.79 Å². The van der Waals surface area contributed by atoms with Crippen LogP contribution in [0.25, 0.3) is 0 Å². The molecule has 6 heteroatoms. The van der Waals surface area contributed by atoms with Crippen LogP contribution in [-0.2, 0) is 7.05 Å². The zero-order chi connectivity index (χ0) is 10.8. The van der Waals surface area contributed by atoms with Crippen LogP contribution in [0.2, 0.25) is 0 Å². The fourth-order valence-corrected chi connectivity index (χ4v) is 2.84. The van der Waals surface area contributed by atoms with Crippen LogP contribution >= 0.6 is 11.8 Å². The third-order valence-corrected chi connectivity index (χ3v) is 3.65. The molecule has 82 valence electrons. The lowest BCUT2D eigenvalue weighted by molar-refractivity contribution is 0.0859. The third-order valence-electron chi connectivity index (χ3n) is 2.63. The zero-order valence-electron chi connectivity index (χ0n) is 8.88. The van der Waals surface area contributed by atoms with Gasteiger partial charge in [-0.25, -0.2) is 9.67 Å². The Morgan fingerprint density at radius 1 is 1.60 bits per heavy atom. The number of carbonyl (C=O) groups is 1. The molecule has 0 aliphatic carbocycles. The van der Waals surface area contributed by atoms with Crippen molar-refractivity contribution in [2.45, 2.75) is 6.04 Å². The lowest BCUT2D eigenvalue weighted by atomic mass is 10.1. The van der Waals surface area contributed by atoms with Gasteiger partial charge < -0.3 is 0 Å². The second-order valence-electron chi connectivity index (χ2n) is 3.64. The number of nitrogens with zero attached hydrogens (tertiary/aromatic N) is 4. The summed E-state index contributed by atoms with van der Waals surface area (Å²) in [6, 6.07) is -0.0494. The Morgan fingerprint density at radius 2 is 2.40 bits per heavy atom. The SMILES string of the molecule is CN1CCSCC1C(=O)c1ncnn1C. The molecule has 1 atom stereocenters. The first-order valence-electron chi connectivity index (χ1n) is 4.86. The van der Waals surface area contributed by atoms with Crippen LogP contribution in [0.4, 0.5) is 0 Å². The molecule has 2 heterocycles. The molecule has 1 unspecified atom stereocenters. The average molecular weight is 226 g/mol. The van der Waals surface area contributed by atoms with Crippen LogP contribution in [0, 0.1) is 0 Å². The van der Waals surface area contributed by atoms with E-state index in [1.165, 1.54) is 11.0 Å². The summed E-state index contributed by atoms with van der Waals surface area (Å²) in [4.78, 5) is 18.2. The number of ketones is 1. The van der Waals surface area contributed by atoms with Crippen molar-refractivity contribution in [3.8, 4) is 0 Å². The Labute approximate surface area is 92.9 Å². The highest BCUT2D eigenvalue weighted by atomic mass is 32.2. The monoisotopic (exact) mass is 226 g/mol. The Balaban J connectivity index is 2.17. The second kappa shape index (κ2) is 4.32. The molecule has 1 aromatic heterocycles. The van der Waals surface area contributed by atoms with Gasteiger partial charge in [-0.1, -0.05) is 0 Å². The topological polar surface area (TPSA) is 51.0 Å². The number of rotatable bonds is 2. The Hall–Kier alpha value is -0.880. The van der Waals surface area contributed by atoms with Gasteiger partial charge in [0.25, 0.3) is 0 Å². The van der Waals surface area contributed by atoms with Gasteiger partial charge in [0, 0.05) is 25.1 Å². The van der Waals surface area contributed by atoms with Crippen LogP contribution in [0.15, 0.2) is 6.33 Å². The van der Waals surface area contributed by atoms with Gasteiger partial charge in [-0.2, -0.15) is 16.9 Å². The van der Waals surface area contributed by atoms with Crippen molar-refractivity contribution in [1.29, 1.82) is 0 Å². The first kappa shape index (κ1) is 10.6. The van der Waals surface area contributed by atoms with E-state index in [0.29, 0.717) is 5.82 Å². The summed E-state index contributed by atoms with van der Waals surface area (Å²) in [7, 11) is 3.73. The van der Waals surface area contributed by atoms with Gasteiger partial charge in [0.2, 0.25) is 5.78 Å². The maximum atomic E-state index is 12.1. The molecule has 0 bridgehead atoms. The van der Waals surface area contributed by atoms with Crippen LogP contribution < -0.4 is 0 Å². The summed E-state index contributed by atoms with van der Waals surface area (Å²) >= 11 is 1.82. The molecule has 1 saturated heterocycles. The molecule has 2 rings (SSSR count). The first-order valence-corrected chi connectivity index (χ1v) is 6.02. The van der Waals surface area contributed by atoms with Gasteiger partial charge >= 0.3 is 0 Å². The lowest BCUT2D eigenvalue weighted by Gasteiger charge is -2.30. The molecule has 0 N–H and O–H groups in total. The van der Waals surface area contributed by atoms with Crippen molar-refractivity contribution in [1.82, 2.24) is 19.7 Å². The second-order valence-corrected chi connectivity index (χ2v) is 4.79. The number of Topliss-reactive ketones (excluding diaryl/α,β-unsaturated/α-hetero) is 1. The van der Waals surface area contributed by atoms with E-state index in [9.17, 15) is 4.79 Å². The van der Waals surface area contributed by atoms with E-state index < -0.39 is 0 Å². The predicted molar refractivity (Wildman–Crippen MR) is 59.1 cm³/mol. The molecular weight excluding hydrogens is 212 g/mol. The molecule has 0 aromatic carbocycles. The van der Waals surface area contributed by atoms with Crippen molar-refractivity contribution >= 4 is 17.5 Å². The summed E-state index contributed by atoms with van der Waals surface area (Å²) in [6.45, 7) is 0.957. The molecular formula is C9H14N4OS. The van der Waals surface area contributed by atoms with Gasteiger partial charge in [-0.3, -0.25) is 9.69 Å². The number of thioether (sulfide) groups is 1. The van der Waals surface area contributed by atoms with Gasteiger partial charge in [0.15, 0.2) is 5.82 Å². The molecule has 1 aromatic rings. The molecule has 0 amide bonds. The first-order chi connectivity index (χ1) is 7.20. The number of aryl methyl sites for hydroxylation is 1. The van der Waals surface area contributed by atoms with Crippen molar-refractivity contribution in [3.63, 3.8) is 0 Å². The summed E-state index contributed by atoms with van der Waals surface area (Å²) in [5.74, 6) is 2.47.